The predicted molar refractivity (Wildman–Crippen MR) is 92.0 cm³/mol. The van der Waals surface area contributed by atoms with Crippen molar-refractivity contribution in [3.8, 4) is 5.75 Å². The third-order valence-electron chi connectivity index (χ3n) is 5.01. The summed E-state index contributed by atoms with van der Waals surface area (Å²) in [4.78, 5) is 26.5. The summed E-state index contributed by atoms with van der Waals surface area (Å²) in [6.45, 7) is 1.75. The number of anilines is 1. The smallest absolute Gasteiger partial charge is 0.313 e. The fourth-order valence-corrected chi connectivity index (χ4v) is 3.69. The summed E-state index contributed by atoms with van der Waals surface area (Å²) in [6, 6.07) is 4.63. The zero-order valence-corrected chi connectivity index (χ0v) is 14.4. The summed E-state index contributed by atoms with van der Waals surface area (Å²) in [5.41, 5.74) is 0.220. The van der Waals surface area contributed by atoms with E-state index >= 15 is 0 Å². The van der Waals surface area contributed by atoms with Crippen molar-refractivity contribution in [1.29, 1.82) is 0 Å². The number of nitrogens with zero attached hydrogens (tertiary/aromatic N) is 1. The van der Waals surface area contributed by atoms with Crippen LogP contribution in [0.4, 0.5) is 10.1 Å². The molecule has 0 unspecified atom stereocenters. The van der Waals surface area contributed by atoms with Gasteiger partial charge in [-0.2, -0.15) is 0 Å². The number of likely N-dealkylation sites (tertiary alicyclic amines) is 1. The summed E-state index contributed by atoms with van der Waals surface area (Å²) < 4.78 is 18.5. The minimum Gasteiger partial charge on any atom is -0.494 e. The molecule has 0 aromatic heterocycles. The van der Waals surface area contributed by atoms with Gasteiger partial charge in [0, 0.05) is 36.9 Å². The molecule has 2 N–H and O–H groups in total. The van der Waals surface area contributed by atoms with Crippen LogP contribution in [0.15, 0.2) is 18.2 Å². The third-order valence-corrected chi connectivity index (χ3v) is 5.01. The van der Waals surface area contributed by atoms with Gasteiger partial charge < -0.3 is 15.4 Å². The second-order valence-corrected chi connectivity index (χ2v) is 6.70. The molecule has 136 valence electrons. The maximum absolute atomic E-state index is 13.6. The highest BCUT2D eigenvalue weighted by Gasteiger charge is 2.31. The number of methoxy groups -OCH3 is 1. The molecule has 0 bridgehead atoms. The Morgan fingerprint density at radius 1 is 1.20 bits per heavy atom. The van der Waals surface area contributed by atoms with Crippen LogP contribution >= 0.6 is 0 Å². The van der Waals surface area contributed by atoms with Gasteiger partial charge in [-0.05, 0) is 31.4 Å². The Bertz CT molecular complexity index is 646. The number of carbonyl (C=O) groups excluding carboxylic acids is 2. The van der Waals surface area contributed by atoms with Gasteiger partial charge in [-0.25, -0.2) is 4.39 Å². The van der Waals surface area contributed by atoms with Crippen LogP contribution in [0.5, 0.6) is 5.75 Å². The minimum atomic E-state index is -0.788. The molecule has 1 heterocycles. The molecule has 2 fully saturated rings. The van der Waals surface area contributed by atoms with Gasteiger partial charge in [0.15, 0.2) is 11.6 Å². The molecule has 1 aliphatic heterocycles. The van der Waals surface area contributed by atoms with Gasteiger partial charge in [0.25, 0.3) is 0 Å². The van der Waals surface area contributed by atoms with Crippen LogP contribution in [0.3, 0.4) is 0 Å². The van der Waals surface area contributed by atoms with Crippen molar-refractivity contribution in [3.05, 3.63) is 24.0 Å². The van der Waals surface area contributed by atoms with Crippen LogP contribution in [0, 0.1) is 5.82 Å². The number of hydrogen-bond donors (Lipinski definition) is 2. The highest BCUT2D eigenvalue weighted by atomic mass is 19.1. The van der Waals surface area contributed by atoms with Crippen molar-refractivity contribution in [2.75, 3.05) is 25.5 Å². The summed E-state index contributed by atoms with van der Waals surface area (Å²) in [6.07, 6.45) is 5.86. The number of ether oxygens (including phenoxy) is 1. The Balaban J connectivity index is 1.49. The van der Waals surface area contributed by atoms with Gasteiger partial charge in [-0.1, -0.05) is 12.8 Å². The maximum Gasteiger partial charge on any atom is 0.313 e. The molecule has 1 saturated carbocycles. The lowest BCUT2D eigenvalue weighted by atomic mass is 10.2. The summed E-state index contributed by atoms with van der Waals surface area (Å²) in [5.74, 6) is -1.98. The molecule has 0 radical (unpaired) electrons. The largest absolute Gasteiger partial charge is 0.494 e. The van der Waals surface area contributed by atoms with E-state index in [1.54, 1.807) is 0 Å². The third kappa shape index (κ3) is 4.28. The normalized spacial score (nSPS) is 21.3. The first-order chi connectivity index (χ1) is 12.1. The Labute approximate surface area is 146 Å². The first-order valence-corrected chi connectivity index (χ1v) is 8.76. The lowest BCUT2D eigenvalue weighted by molar-refractivity contribution is -0.136. The van der Waals surface area contributed by atoms with Crippen LogP contribution in [0.2, 0.25) is 0 Å². The zero-order valence-electron chi connectivity index (χ0n) is 14.4. The van der Waals surface area contributed by atoms with Gasteiger partial charge >= 0.3 is 11.8 Å². The Kier molecular flexibility index (Phi) is 5.53. The number of rotatable bonds is 4. The fraction of sp³-hybridized carbons (Fsp3) is 0.556. The van der Waals surface area contributed by atoms with E-state index in [4.69, 9.17) is 4.74 Å². The number of carbonyl (C=O) groups is 2. The number of nitrogens with one attached hydrogen (secondary N) is 2. The van der Waals surface area contributed by atoms with E-state index in [2.05, 4.69) is 15.5 Å². The van der Waals surface area contributed by atoms with E-state index in [0.29, 0.717) is 6.04 Å². The van der Waals surface area contributed by atoms with Gasteiger partial charge in [0.1, 0.15) is 0 Å². The number of benzene rings is 1. The number of amides is 2. The molecule has 25 heavy (non-hydrogen) atoms. The maximum atomic E-state index is 13.6. The van der Waals surface area contributed by atoms with Crippen molar-refractivity contribution < 1.29 is 18.7 Å². The zero-order chi connectivity index (χ0) is 17.8. The van der Waals surface area contributed by atoms with Gasteiger partial charge in [0.2, 0.25) is 0 Å². The number of hydrogen-bond acceptors (Lipinski definition) is 4. The molecular weight excluding hydrogens is 325 g/mol. The van der Waals surface area contributed by atoms with Gasteiger partial charge in [-0.15, -0.1) is 0 Å². The Morgan fingerprint density at radius 3 is 2.64 bits per heavy atom. The lowest BCUT2D eigenvalue weighted by Crippen LogP contribution is -2.43. The minimum absolute atomic E-state index is 0.00791. The van der Waals surface area contributed by atoms with Crippen LogP contribution in [-0.4, -0.2) is 49.0 Å². The van der Waals surface area contributed by atoms with E-state index in [1.165, 1.54) is 44.9 Å². The summed E-state index contributed by atoms with van der Waals surface area (Å²) in [5, 5.41) is 5.19. The van der Waals surface area contributed by atoms with Crippen LogP contribution in [-0.2, 0) is 9.59 Å². The van der Waals surface area contributed by atoms with Crippen molar-refractivity contribution in [2.45, 2.75) is 44.2 Å². The monoisotopic (exact) mass is 349 g/mol. The predicted octanol–water partition coefficient (Wildman–Crippen LogP) is 1.91. The van der Waals surface area contributed by atoms with Gasteiger partial charge in [0.05, 0.1) is 7.11 Å². The molecule has 1 atom stereocenters. The van der Waals surface area contributed by atoms with Crippen molar-refractivity contribution in [1.82, 2.24) is 10.2 Å². The second-order valence-electron chi connectivity index (χ2n) is 6.70. The Hall–Kier alpha value is -2.15. The second kappa shape index (κ2) is 7.82. The lowest BCUT2D eigenvalue weighted by Gasteiger charge is -2.23. The first-order valence-electron chi connectivity index (χ1n) is 8.76. The average Bonchev–Trinajstić information content (AvgIpc) is 3.26. The van der Waals surface area contributed by atoms with E-state index in [-0.39, 0.29) is 17.5 Å². The molecule has 1 aliphatic carbocycles. The van der Waals surface area contributed by atoms with Gasteiger partial charge in [-0.3, -0.25) is 14.5 Å². The number of halogens is 1. The van der Waals surface area contributed by atoms with Crippen LogP contribution in [0.25, 0.3) is 0 Å². The van der Waals surface area contributed by atoms with E-state index < -0.39 is 17.6 Å². The molecule has 7 heteroatoms. The molecule has 3 rings (SSSR count). The summed E-state index contributed by atoms with van der Waals surface area (Å²) in [7, 11) is 1.36. The highest BCUT2D eigenvalue weighted by molar-refractivity contribution is 6.39. The topological polar surface area (TPSA) is 70.7 Å². The van der Waals surface area contributed by atoms with E-state index in [9.17, 15) is 14.0 Å². The highest BCUT2D eigenvalue weighted by Crippen LogP contribution is 2.26. The molecule has 1 aromatic rings. The molecule has 0 spiro atoms. The van der Waals surface area contributed by atoms with Crippen LogP contribution < -0.4 is 15.4 Å². The standard InChI is InChI=1S/C18H24FN3O3/c1-25-16-7-6-12(10-15(16)19)20-17(23)18(24)21-13-8-9-22(11-13)14-4-2-3-5-14/h6-7,10,13-14H,2-5,8-9,11H2,1H3,(H,20,23)(H,21,24)/t13-/m0/s1. The van der Waals surface area contributed by atoms with E-state index in [1.807, 2.05) is 0 Å². The molecule has 1 aromatic carbocycles. The van der Waals surface area contributed by atoms with Crippen molar-refractivity contribution >= 4 is 17.5 Å². The quantitative estimate of drug-likeness (QED) is 0.815. The van der Waals surface area contributed by atoms with Crippen molar-refractivity contribution in [3.63, 3.8) is 0 Å². The SMILES string of the molecule is COc1ccc(NC(=O)C(=O)N[C@H]2CCN(C3CCCC3)C2)cc1F. The molecule has 6 nitrogen and oxygen atoms in total. The van der Waals surface area contributed by atoms with E-state index in [0.717, 1.165) is 25.6 Å². The molecule has 2 aliphatic rings. The first kappa shape index (κ1) is 17.7. The molecule has 2 amide bonds. The fourth-order valence-electron chi connectivity index (χ4n) is 3.69. The summed E-state index contributed by atoms with van der Waals surface area (Å²) >= 11 is 0. The molecule has 1 saturated heterocycles. The molecular formula is C18H24FN3O3. The Morgan fingerprint density at radius 2 is 1.96 bits per heavy atom. The average molecular weight is 349 g/mol. The van der Waals surface area contributed by atoms with Crippen molar-refractivity contribution in [2.24, 2.45) is 0 Å². The van der Waals surface area contributed by atoms with Crippen LogP contribution in [0.1, 0.15) is 32.1 Å².